The summed E-state index contributed by atoms with van der Waals surface area (Å²) < 4.78 is 4.38. The predicted molar refractivity (Wildman–Crippen MR) is 200 cm³/mol. The largest absolute Gasteiger partial charge is 0.309 e. The third-order valence-electron chi connectivity index (χ3n) is 9.59. The fourth-order valence-corrected chi connectivity index (χ4v) is 7.40. The minimum Gasteiger partial charge on any atom is -0.309 e. The van der Waals surface area contributed by atoms with Crippen molar-refractivity contribution in [2.75, 3.05) is 0 Å². The molecule has 0 atom stereocenters. The maximum Gasteiger partial charge on any atom is 0.102 e. The number of benzene rings is 7. The first-order valence-corrected chi connectivity index (χ1v) is 16.3. The highest BCUT2D eigenvalue weighted by Crippen LogP contribution is 2.40. The Labute approximate surface area is 287 Å². The van der Waals surface area contributed by atoms with Crippen molar-refractivity contribution in [2.45, 2.75) is 0 Å². The molecule has 9 aromatic rings. The van der Waals surface area contributed by atoms with Crippen LogP contribution in [0.15, 0.2) is 152 Å². The lowest BCUT2D eigenvalue weighted by molar-refractivity contribution is 1.16. The predicted octanol–water partition coefficient (Wildman–Crippen LogP) is 10.8. The van der Waals surface area contributed by atoms with Crippen LogP contribution in [0.3, 0.4) is 0 Å². The number of rotatable bonds is 4. The van der Waals surface area contributed by atoms with Crippen molar-refractivity contribution in [2.24, 2.45) is 0 Å². The van der Waals surface area contributed by atoms with Crippen LogP contribution in [0.25, 0.3) is 77.2 Å². The molecule has 0 amide bonds. The SMILES string of the molecule is N#Cc1ccc2c(c1)c1cc(C#N)ccc1n2-c1cccc(-c2cc(-c3ccccc3)cc(-n3c4ccccc4c4ccccc43)c2)c1C#N. The van der Waals surface area contributed by atoms with E-state index in [1.54, 1.807) is 12.1 Å². The van der Waals surface area contributed by atoms with Crippen LogP contribution in [-0.2, 0) is 0 Å². The summed E-state index contributed by atoms with van der Waals surface area (Å²) in [6.45, 7) is 0. The summed E-state index contributed by atoms with van der Waals surface area (Å²) in [4.78, 5) is 0. The Kier molecular flexibility index (Phi) is 6.56. The first kappa shape index (κ1) is 28.8. The van der Waals surface area contributed by atoms with Gasteiger partial charge in [0.1, 0.15) is 6.07 Å². The van der Waals surface area contributed by atoms with E-state index in [0.29, 0.717) is 16.7 Å². The Morgan fingerprint density at radius 1 is 0.380 bits per heavy atom. The van der Waals surface area contributed by atoms with Gasteiger partial charge in [-0.3, -0.25) is 0 Å². The van der Waals surface area contributed by atoms with Gasteiger partial charge in [-0.1, -0.05) is 78.9 Å². The molecule has 5 nitrogen and oxygen atoms in total. The summed E-state index contributed by atoms with van der Waals surface area (Å²) in [5.41, 5.74) is 11.1. The third kappa shape index (κ3) is 4.38. The van der Waals surface area contributed by atoms with E-state index in [-0.39, 0.29) is 0 Å². The van der Waals surface area contributed by atoms with Crippen molar-refractivity contribution in [1.29, 1.82) is 15.8 Å². The van der Waals surface area contributed by atoms with E-state index in [1.807, 2.05) is 60.7 Å². The molecule has 0 N–H and O–H groups in total. The Balaban J connectivity index is 1.34. The number of hydrogen-bond acceptors (Lipinski definition) is 3. The molecule has 0 aliphatic carbocycles. The van der Waals surface area contributed by atoms with Gasteiger partial charge in [0.25, 0.3) is 0 Å². The van der Waals surface area contributed by atoms with Crippen LogP contribution in [-0.4, -0.2) is 9.13 Å². The zero-order chi connectivity index (χ0) is 33.8. The fourth-order valence-electron chi connectivity index (χ4n) is 7.40. The second-order valence-corrected chi connectivity index (χ2v) is 12.3. The van der Waals surface area contributed by atoms with E-state index in [9.17, 15) is 15.8 Å². The Morgan fingerprint density at radius 2 is 0.940 bits per heavy atom. The second-order valence-electron chi connectivity index (χ2n) is 12.3. The molecule has 7 aromatic carbocycles. The molecule has 2 aromatic heterocycles. The molecule has 0 spiro atoms. The minimum absolute atomic E-state index is 0.526. The highest BCUT2D eigenvalue weighted by Gasteiger charge is 2.20. The van der Waals surface area contributed by atoms with Crippen molar-refractivity contribution < 1.29 is 0 Å². The molecule has 230 valence electrons. The van der Waals surface area contributed by atoms with Gasteiger partial charge in [0.2, 0.25) is 0 Å². The van der Waals surface area contributed by atoms with Crippen molar-refractivity contribution in [3.63, 3.8) is 0 Å². The zero-order valence-electron chi connectivity index (χ0n) is 26.7. The standard InChI is InChI=1S/C45H25N5/c46-26-29-17-19-44-38(21-29)39-22-30(27-47)18-20-45(39)50(44)43-16-8-13-35(40(43)28-48)33-23-32(31-9-2-1-3-10-31)24-34(25-33)49-41-14-6-4-11-36(41)37-12-5-7-15-42(37)49/h1-25H. The van der Waals surface area contributed by atoms with Crippen LogP contribution in [0, 0.1) is 34.0 Å². The lowest BCUT2D eigenvalue weighted by atomic mass is 9.94. The quantitative estimate of drug-likeness (QED) is 0.193. The van der Waals surface area contributed by atoms with Crippen molar-refractivity contribution in [3.05, 3.63) is 168 Å². The average molecular weight is 636 g/mol. The van der Waals surface area contributed by atoms with Gasteiger partial charge < -0.3 is 9.13 Å². The van der Waals surface area contributed by atoms with Gasteiger partial charge >= 0.3 is 0 Å². The fraction of sp³-hybridized carbons (Fsp3) is 0. The number of para-hydroxylation sites is 2. The number of nitriles is 3. The summed E-state index contributed by atoms with van der Waals surface area (Å²) >= 11 is 0. The van der Waals surface area contributed by atoms with E-state index in [0.717, 1.165) is 66.5 Å². The topological polar surface area (TPSA) is 81.2 Å². The van der Waals surface area contributed by atoms with Gasteiger partial charge in [0.05, 0.1) is 56.6 Å². The minimum atomic E-state index is 0.526. The van der Waals surface area contributed by atoms with E-state index >= 15 is 0 Å². The van der Waals surface area contributed by atoms with Gasteiger partial charge in [-0.05, 0) is 89.5 Å². The molecule has 0 saturated heterocycles. The van der Waals surface area contributed by atoms with E-state index in [4.69, 9.17) is 0 Å². The maximum atomic E-state index is 10.9. The van der Waals surface area contributed by atoms with E-state index < -0.39 is 0 Å². The summed E-state index contributed by atoms with van der Waals surface area (Å²) in [6, 6.07) is 58.0. The number of aromatic nitrogens is 2. The van der Waals surface area contributed by atoms with E-state index in [1.165, 1.54) is 10.8 Å². The molecule has 0 aliphatic rings. The zero-order valence-corrected chi connectivity index (χ0v) is 26.7. The molecule has 50 heavy (non-hydrogen) atoms. The smallest absolute Gasteiger partial charge is 0.102 e. The van der Waals surface area contributed by atoms with Gasteiger partial charge in [0.15, 0.2) is 0 Å². The van der Waals surface area contributed by atoms with Crippen LogP contribution >= 0.6 is 0 Å². The lowest BCUT2D eigenvalue weighted by Gasteiger charge is -2.17. The Morgan fingerprint density at radius 3 is 1.54 bits per heavy atom. The van der Waals surface area contributed by atoms with Gasteiger partial charge in [0, 0.05) is 32.8 Å². The van der Waals surface area contributed by atoms with Gasteiger partial charge in [-0.15, -0.1) is 0 Å². The molecule has 5 heteroatoms. The monoisotopic (exact) mass is 635 g/mol. The molecule has 0 unspecified atom stereocenters. The number of nitrogens with zero attached hydrogens (tertiary/aromatic N) is 5. The Hall–Kier alpha value is -7.39. The normalized spacial score (nSPS) is 11.1. The second kappa shape index (κ2) is 11.4. The summed E-state index contributed by atoms with van der Waals surface area (Å²) in [5.74, 6) is 0. The molecular formula is C45H25N5. The average Bonchev–Trinajstić information content (AvgIpc) is 3.69. The van der Waals surface area contributed by atoms with E-state index in [2.05, 4.69) is 106 Å². The van der Waals surface area contributed by atoms with Crippen LogP contribution in [0.5, 0.6) is 0 Å². The number of fused-ring (bicyclic) bond motifs is 6. The molecule has 0 aliphatic heterocycles. The number of hydrogen-bond donors (Lipinski definition) is 0. The van der Waals surface area contributed by atoms with Crippen molar-refractivity contribution >= 4 is 43.6 Å². The Bertz CT molecular complexity index is 2830. The van der Waals surface area contributed by atoms with Crippen LogP contribution < -0.4 is 0 Å². The lowest BCUT2D eigenvalue weighted by Crippen LogP contribution is -2.01. The van der Waals surface area contributed by atoms with Crippen LogP contribution in [0.1, 0.15) is 16.7 Å². The first-order chi connectivity index (χ1) is 24.7. The molecule has 0 saturated carbocycles. The molecule has 0 bridgehead atoms. The molecule has 0 fully saturated rings. The highest BCUT2D eigenvalue weighted by atomic mass is 15.0. The highest BCUT2D eigenvalue weighted by molar-refractivity contribution is 6.11. The molecule has 2 heterocycles. The summed E-state index contributed by atoms with van der Waals surface area (Å²) in [6.07, 6.45) is 0. The van der Waals surface area contributed by atoms with Crippen LogP contribution in [0.2, 0.25) is 0 Å². The van der Waals surface area contributed by atoms with Crippen molar-refractivity contribution in [3.8, 4) is 51.8 Å². The maximum absolute atomic E-state index is 10.9. The summed E-state index contributed by atoms with van der Waals surface area (Å²) in [7, 11) is 0. The third-order valence-corrected chi connectivity index (χ3v) is 9.59. The molecule has 9 rings (SSSR count). The molecule has 0 radical (unpaired) electrons. The van der Waals surface area contributed by atoms with Gasteiger partial charge in [-0.25, -0.2) is 0 Å². The van der Waals surface area contributed by atoms with Crippen molar-refractivity contribution in [1.82, 2.24) is 9.13 Å². The summed E-state index contributed by atoms with van der Waals surface area (Å²) in [5, 5.41) is 34.4. The first-order valence-electron chi connectivity index (χ1n) is 16.3. The van der Waals surface area contributed by atoms with Gasteiger partial charge in [-0.2, -0.15) is 15.8 Å². The molecular weight excluding hydrogens is 611 g/mol. The van der Waals surface area contributed by atoms with Crippen LogP contribution in [0.4, 0.5) is 0 Å².